The summed E-state index contributed by atoms with van der Waals surface area (Å²) >= 11 is 0. The smallest absolute Gasteiger partial charge is 0.243 e. The third-order valence-electron chi connectivity index (χ3n) is 5.14. The summed E-state index contributed by atoms with van der Waals surface area (Å²) in [5.74, 6) is 0.257. The van der Waals surface area contributed by atoms with E-state index in [-0.39, 0.29) is 11.7 Å². The Balaban J connectivity index is 1.75. The number of carbonyl (C=O) groups excluding carboxylic acids is 1. The maximum absolute atomic E-state index is 13.2. The number of hydrogen-bond donors (Lipinski definition) is 0. The van der Waals surface area contributed by atoms with Gasteiger partial charge in [0.1, 0.15) is 15.4 Å². The van der Waals surface area contributed by atoms with Crippen LogP contribution in [0.1, 0.15) is 31.4 Å². The van der Waals surface area contributed by atoms with Crippen molar-refractivity contribution in [1.29, 1.82) is 0 Å². The minimum absolute atomic E-state index is 0.113. The molecule has 7 heteroatoms. The van der Waals surface area contributed by atoms with Crippen LogP contribution in [-0.4, -0.2) is 66.3 Å². The van der Waals surface area contributed by atoms with Gasteiger partial charge in [0.25, 0.3) is 0 Å². The van der Waals surface area contributed by atoms with Gasteiger partial charge in [-0.15, -0.1) is 0 Å². The second-order valence-corrected chi connectivity index (χ2v) is 9.16. The van der Waals surface area contributed by atoms with E-state index < -0.39 is 15.4 Å². The summed E-state index contributed by atoms with van der Waals surface area (Å²) in [6, 6.07) is 5.73. The van der Waals surface area contributed by atoms with Crippen LogP contribution in [0.3, 0.4) is 0 Å². The van der Waals surface area contributed by atoms with Crippen LogP contribution in [0.2, 0.25) is 0 Å². The maximum Gasteiger partial charge on any atom is 0.243 e. The van der Waals surface area contributed by atoms with Gasteiger partial charge in [-0.3, -0.25) is 14.7 Å². The van der Waals surface area contributed by atoms with Crippen molar-refractivity contribution < 1.29 is 13.2 Å². The molecule has 0 N–H and O–H groups in total. The Bertz CT molecular complexity index is 692. The first-order valence-electron chi connectivity index (χ1n) is 8.53. The predicted octanol–water partition coefficient (Wildman–Crippen LogP) is 1.08. The van der Waals surface area contributed by atoms with Gasteiger partial charge in [0.15, 0.2) is 0 Å². The number of likely N-dealkylation sites (tertiary alicyclic amines) is 2. The highest BCUT2D eigenvalue weighted by Crippen LogP contribution is 2.38. The molecule has 1 amide bonds. The number of amides is 1. The zero-order valence-electron chi connectivity index (χ0n) is 14.1. The van der Waals surface area contributed by atoms with E-state index in [9.17, 15) is 13.2 Å². The molecule has 6 nitrogen and oxygen atoms in total. The number of nitrogens with zero attached hydrogens (tertiary/aromatic N) is 3. The van der Waals surface area contributed by atoms with Crippen LogP contribution >= 0.6 is 0 Å². The lowest BCUT2D eigenvalue weighted by molar-refractivity contribution is -0.148. The standard InChI is InChI=1S/C17H25N3O3S/c1-24(22,23)13-12-20-11-5-8-17(20)7-4-10-19(16(17)21)14-15-6-2-3-9-18-15/h2-3,6,9H,4-5,7-8,10-14H2,1H3. The van der Waals surface area contributed by atoms with Gasteiger partial charge in [-0.25, -0.2) is 8.42 Å². The number of piperidine rings is 1. The van der Waals surface area contributed by atoms with E-state index in [2.05, 4.69) is 9.88 Å². The Kier molecular flexibility index (Phi) is 4.92. The van der Waals surface area contributed by atoms with Gasteiger partial charge < -0.3 is 4.90 Å². The van der Waals surface area contributed by atoms with Crippen molar-refractivity contribution in [3.05, 3.63) is 30.1 Å². The lowest BCUT2D eigenvalue weighted by atomic mass is 9.85. The van der Waals surface area contributed by atoms with Crippen LogP contribution < -0.4 is 0 Å². The molecule has 3 rings (SSSR count). The van der Waals surface area contributed by atoms with Gasteiger partial charge in [-0.1, -0.05) is 6.07 Å². The summed E-state index contributed by atoms with van der Waals surface area (Å²) in [6.45, 7) is 2.53. The van der Waals surface area contributed by atoms with E-state index in [0.717, 1.165) is 44.5 Å². The Morgan fingerprint density at radius 3 is 2.62 bits per heavy atom. The first-order chi connectivity index (χ1) is 11.4. The SMILES string of the molecule is CS(=O)(=O)CCN1CCCC12CCCN(Cc1ccccn1)C2=O. The Morgan fingerprint density at radius 1 is 1.21 bits per heavy atom. The van der Waals surface area contributed by atoms with E-state index in [0.29, 0.717) is 13.1 Å². The highest BCUT2D eigenvalue weighted by molar-refractivity contribution is 7.90. The number of hydrogen-bond acceptors (Lipinski definition) is 5. The van der Waals surface area contributed by atoms with Crippen LogP contribution in [0.4, 0.5) is 0 Å². The van der Waals surface area contributed by atoms with Crippen molar-refractivity contribution in [1.82, 2.24) is 14.8 Å². The van der Waals surface area contributed by atoms with E-state index in [1.54, 1.807) is 6.20 Å². The molecule has 2 fully saturated rings. The molecular formula is C17H25N3O3S. The fourth-order valence-electron chi connectivity index (χ4n) is 3.96. The average Bonchev–Trinajstić information content (AvgIpc) is 2.94. The topological polar surface area (TPSA) is 70.6 Å². The van der Waals surface area contributed by atoms with Gasteiger partial charge in [0, 0.05) is 25.5 Å². The molecule has 0 bridgehead atoms. The molecule has 0 aliphatic carbocycles. The van der Waals surface area contributed by atoms with E-state index in [4.69, 9.17) is 0 Å². The summed E-state index contributed by atoms with van der Waals surface area (Å²) in [6.07, 6.45) is 6.56. The summed E-state index contributed by atoms with van der Waals surface area (Å²) in [5.41, 5.74) is 0.390. The highest BCUT2D eigenvalue weighted by atomic mass is 32.2. The Morgan fingerprint density at radius 2 is 1.96 bits per heavy atom. The molecular weight excluding hydrogens is 326 g/mol. The molecule has 3 heterocycles. The largest absolute Gasteiger partial charge is 0.335 e. The maximum atomic E-state index is 13.2. The number of aromatic nitrogens is 1. The molecule has 132 valence electrons. The van der Waals surface area contributed by atoms with Crippen LogP contribution in [-0.2, 0) is 21.2 Å². The van der Waals surface area contributed by atoms with Crippen LogP contribution in [0.15, 0.2) is 24.4 Å². The fraction of sp³-hybridized carbons (Fsp3) is 0.647. The molecule has 2 saturated heterocycles. The van der Waals surface area contributed by atoms with Gasteiger partial charge >= 0.3 is 0 Å². The van der Waals surface area contributed by atoms with Crippen molar-refractivity contribution in [3.8, 4) is 0 Å². The van der Waals surface area contributed by atoms with E-state index >= 15 is 0 Å². The molecule has 0 radical (unpaired) electrons. The third-order valence-corrected chi connectivity index (χ3v) is 6.06. The van der Waals surface area contributed by atoms with Crippen molar-refractivity contribution >= 4 is 15.7 Å². The van der Waals surface area contributed by atoms with Gasteiger partial charge in [0.2, 0.25) is 5.91 Å². The molecule has 24 heavy (non-hydrogen) atoms. The number of rotatable bonds is 5. The summed E-state index contributed by atoms with van der Waals surface area (Å²) < 4.78 is 23.0. The molecule has 0 aromatic carbocycles. The Labute approximate surface area is 143 Å². The van der Waals surface area contributed by atoms with Gasteiger partial charge in [-0.2, -0.15) is 0 Å². The number of pyridine rings is 1. The van der Waals surface area contributed by atoms with E-state index in [1.165, 1.54) is 6.26 Å². The Hall–Kier alpha value is -1.47. The molecule has 1 spiro atoms. The quantitative estimate of drug-likeness (QED) is 0.794. The first-order valence-corrected chi connectivity index (χ1v) is 10.6. The van der Waals surface area contributed by atoms with Gasteiger partial charge in [-0.05, 0) is 44.4 Å². The lowest BCUT2D eigenvalue weighted by Gasteiger charge is -2.44. The highest BCUT2D eigenvalue weighted by Gasteiger charge is 2.50. The van der Waals surface area contributed by atoms with E-state index in [1.807, 2.05) is 23.1 Å². The minimum Gasteiger partial charge on any atom is -0.335 e. The molecule has 1 unspecified atom stereocenters. The number of carbonyl (C=O) groups is 1. The van der Waals surface area contributed by atoms with Crippen LogP contribution in [0.5, 0.6) is 0 Å². The first kappa shape index (κ1) is 17.4. The third kappa shape index (κ3) is 3.62. The van der Waals surface area contributed by atoms with Gasteiger partial charge in [0.05, 0.1) is 18.0 Å². The van der Waals surface area contributed by atoms with Crippen molar-refractivity contribution in [2.75, 3.05) is 31.6 Å². The molecule has 2 aliphatic rings. The second kappa shape index (κ2) is 6.80. The van der Waals surface area contributed by atoms with Crippen molar-refractivity contribution in [2.45, 2.75) is 37.8 Å². The molecule has 0 saturated carbocycles. The molecule has 2 aliphatic heterocycles. The second-order valence-electron chi connectivity index (χ2n) is 6.90. The van der Waals surface area contributed by atoms with Crippen molar-refractivity contribution in [2.24, 2.45) is 0 Å². The molecule has 1 aromatic heterocycles. The zero-order valence-corrected chi connectivity index (χ0v) is 15.0. The lowest BCUT2D eigenvalue weighted by Crippen LogP contribution is -2.60. The predicted molar refractivity (Wildman–Crippen MR) is 92.1 cm³/mol. The zero-order chi connectivity index (χ0) is 17.2. The average molecular weight is 351 g/mol. The van der Waals surface area contributed by atoms with Crippen LogP contribution in [0.25, 0.3) is 0 Å². The van der Waals surface area contributed by atoms with Crippen molar-refractivity contribution in [3.63, 3.8) is 0 Å². The monoisotopic (exact) mass is 351 g/mol. The fourth-order valence-corrected chi connectivity index (χ4v) is 4.52. The number of sulfone groups is 1. The van der Waals surface area contributed by atoms with Crippen LogP contribution in [0, 0.1) is 0 Å². The normalized spacial score (nSPS) is 25.5. The minimum atomic E-state index is -3.02. The summed E-state index contributed by atoms with van der Waals surface area (Å²) in [7, 11) is -3.02. The summed E-state index contributed by atoms with van der Waals surface area (Å²) in [4.78, 5) is 21.5. The summed E-state index contributed by atoms with van der Waals surface area (Å²) in [5, 5.41) is 0. The molecule has 1 aromatic rings. The molecule has 1 atom stereocenters.